The van der Waals surface area contributed by atoms with Crippen LogP contribution in [0.2, 0.25) is 0 Å². The first-order valence-corrected chi connectivity index (χ1v) is 20.2. The Morgan fingerprint density at radius 2 is 1.53 bits per heavy atom. The SMILES string of the molecule is CC[C@H](C)[C@@H]1NC(=O)CNC(=O)[C@@H]2Cc3c([nH]c4ccccc34)SC[C@H](NC(=O)CNC1=O)C(=O)N[C@@H](CC(N)=O)C(=O)N1C[C@H](O)C[C@H]1C(=O)N[C@@H]([C@@H](C)O)C(=O)N2. The molecule has 1 aromatic carbocycles. The van der Waals surface area contributed by atoms with Gasteiger partial charge in [0.2, 0.25) is 53.2 Å². The maximum absolute atomic E-state index is 14.1. The molecule has 1 aromatic heterocycles. The first-order chi connectivity index (χ1) is 28.0. The van der Waals surface area contributed by atoms with Crippen LogP contribution in [0.25, 0.3) is 10.9 Å². The molecular formula is C37H50N10O11S. The fourth-order valence-corrected chi connectivity index (χ4v) is 8.22. The average Bonchev–Trinajstić information content (AvgIpc) is 3.76. The zero-order valence-electron chi connectivity index (χ0n) is 32.7. The Morgan fingerprint density at radius 1 is 0.847 bits per heavy atom. The summed E-state index contributed by atoms with van der Waals surface area (Å²) in [5.41, 5.74) is 6.55. The van der Waals surface area contributed by atoms with E-state index in [2.05, 4.69) is 42.2 Å². The lowest BCUT2D eigenvalue weighted by atomic mass is 9.98. The molecule has 9 amide bonds. The smallest absolute Gasteiger partial charge is 0.246 e. The predicted molar refractivity (Wildman–Crippen MR) is 209 cm³/mol. The summed E-state index contributed by atoms with van der Waals surface area (Å²) in [7, 11) is 0. The molecule has 0 aliphatic carbocycles. The number of nitrogens with one attached hydrogen (secondary N) is 8. The number of carbonyl (C=O) groups is 9. The second-order valence-corrected chi connectivity index (χ2v) is 15.9. The van der Waals surface area contributed by atoms with E-state index >= 15 is 0 Å². The van der Waals surface area contributed by atoms with Gasteiger partial charge in [-0.1, -0.05) is 38.5 Å². The highest BCUT2D eigenvalue weighted by atomic mass is 32.2. The quantitative estimate of drug-likeness (QED) is 0.136. The van der Waals surface area contributed by atoms with Crippen molar-refractivity contribution in [3.8, 4) is 0 Å². The number of H-pyrrole nitrogens is 1. The van der Waals surface area contributed by atoms with Crippen LogP contribution < -0.4 is 43.0 Å². The fraction of sp³-hybridized carbons (Fsp3) is 0.541. The number of fused-ring (bicyclic) bond motifs is 5. The molecule has 5 rings (SSSR count). The standard InChI is InChI=1S/C37H50N10O11S/c1-4-16(2)29-34(56)40-12-27(51)41-24-15-59-36-20(19-7-5-6-8-21(19)44-36)10-22(31(53)39-13-28(52)45-29)42-35(57)30(17(3)48)46-33(55)25-9-18(49)14-47(25)37(58)23(11-26(38)50)43-32(24)54/h5-8,16-18,22-25,29-30,44,48-49H,4,9-15H2,1-3H3,(H2,38,50)(H,39,53)(H,40,56)(H,41,51)(H,42,57)(H,43,54)(H,45,52)(H,46,55)/t16-,17+,18+,22-,23-,24-,25-,29-,30-/m0/s1. The summed E-state index contributed by atoms with van der Waals surface area (Å²) in [5, 5.41) is 39.9. The number of aliphatic hydroxyl groups is 2. The van der Waals surface area contributed by atoms with E-state index in [0.29, 0.717) is 27.9 Å². The van der Waals surface area contributed by atoms with E-state index in [4.69, 9.17) is 5.73 Å². The normalized spacial score (nSPS) is 28.1. The molecule has 0 radical (unpaired) electrons. The Morgan fingerprint density at radius 3 is 2.20 bits per heavy atom. The van der Waals surface area contributed by atoms with Crippen molar-refractivity contribution in [1.82, 2.24) is 47.1 Å². The molecule has 59 heavy (non-hydrogen) atoms. The van der Waals surface area contributed by atoms with Crippen molar-refractivity contribution in [3.63, 3.8) is 0 Å². The Kier molecular flexibility index (Phi) is 14.5. The predicted octanol–water partition coefficient (Wildman–Crippen LogP) is -4.25. The molecule has 22 heteroatoms. The van der Waals surface area contributed by atoms with Crippen molar-refractivity contribution in [2.45, 2.75) is 99.9 Å². The number of primary amides is 1. The Bertz CT molecular complexity index is 1990. The number of aliphatic hydroxyl groups excluding tert-OH is 2. The molecular weight excluding hydrogens is 793 g/mol. The van der Waals surface area contributed by atoms with Crippen LogP contribution in [0.3, 0.4) is 0 Å². The van der Waals surface area contributed by atoms with Gasteiger partial charge < -0.3 is 63.0 Å². The van der Waals surface area contributed by atoms with Gasteiger partial charge in [-0.05, 0) is 24.5 Å². The topological polar surface area (TPSA) is 323 Å². The minimum absolute atomic E-state index is 0.227. The molecule has 0 spiro atoms. The third-order valence-electron chi connectivity index (χ3n) is 10.5. The molecule has 1 fully saturated rings. The van der Waals surface area contributed by atoms with Gasteiger partial charge in [0.15, 0.2) is 0 Å². The maximum Gasteiger partial charge on any atom is 0.246 e. The molecule has 320 valence electrons. The van der Waals surface area contributed by atoms with E-state index in [1.165, 1.54) is 6.92 Å². The lowest BCUT2D eigenvalue weighted by Crippen LogP contribution is -2.61. The van der Waals surface area contributed by atoms with Gasteiger partial charge in [-0.2, -0.15) is 0 Å². The zero-order valence-corrected chi connectivity index (χ0v) is 33.5. The Labute approximate surface area is 342 Å². The monoisotopic (exact) mass is 842 g/mol. The highest BCUT2D eigenvalue weighted by molar-refractivity contribution is 7.99. The highest BCUT2D eigenvalue weighted by Gasteiger charge is 2.44. The van der Waals surface area contributed by atoms with E-state index in [1.54, 1.807) is 38.1 Å². The third kappa shape index (κ3) is 10.9. The van der Waals surface area contributed by atoms with Gasteiger partial charge in [-0.15, -0.1) is 11.8 Å². The molecule has 3 aliphatic rings. The van der Waals surface area contributed by atoms with Crippen molar-refractivity contribution in [1.29, 1.82) is 0 Å². The Hall–Kier alpha value is -5.74. The zero-order chi connectivity index (χ0) is 43.1. The number of thioether (sulfide) groups is 1. The Balaban J connectivity index is 1.66. The van der Waals surface area contributed by atoms with E-state index in [9.17, 15) is 53.4 Å². The number of amides is 9. The number of para-hydroxylation sites is 1. The molecule has 4 heterocycles. The second kappa shape index (κ2) is 19.3. The van der Waals surface area contributed by atoms with Crippen molar-refractivity contribution in [3.05, 3.63) is 29.8 Å². The molecule has 3 aliphatic heterocycles. The number of carbonyl (C=O) groups excluding carboxylic acids is 9. The summed E-state index contributed by atoms with van der Waals surface area (Å²) < 4.78 is 0. The van der Waals surface area contributed by atoms with Gasteiger partial charge in [0.1, 0.15) is 36.3 Å². The number of hydrogen-bond acceptors (Lipinski definition) is 12. The summed E-state index contributed by atoms with van der Waals surface area (Å²) in [6, 6.07) is -1.94. The van der Waals surface area contributed by atoms with Crippen molar-refractivity contribution >= 4 is 75.8 Å². The van der Waals surface area contributed by atoms with Crippen molar-refractivity contribution in [2.24, 2.45) is 11.7 Å². The molecule has 0 saturated carbocycles. The van der Waals surface area contributed by atoms with Crippen LogP contribution in [0.5, 0.6) is 0 Å². The number of hydrogen-bond donors (Lipinski definition) is 11. The molecule has 21 nitrogen and oxygen atoms in total. The lowest BCUT2D eigenvalue weighted by molar-refractivity contribution is -0.144. The first-order valence-electron chi connectivity index (χ1n) is 19.2. The van der Waals surface area contributed by atoms with Crippen LogP contribution in [-0.4, -0.2) is 147 Å². The molecule has 2 bridgehead atoms. The number of benzene rings is 1. The largest absolute Gasteiger partial charge is 0.391 e. The molecule has 1 saturated heterocycles. The van der Waals surface area contributed by atoms with Crippen molar-refractivity contribution in [2.75, 3.05) is 25.4 Å². The third-order valence-corrected chi connectivity index (χ3v) is 11.6. The number of aromatic nitrogens is 1. The van der Waals surface area contributed by atoms with Crippen LogP contribution >= 0.6 is 11.8 Å². The summed E-state index contributed by atoms with van der Waals surface area (Å²) in [5.74, 6) is -8.76. The van der Waals surface area contributed by atoms with Gasteiger partial charge in [0.05, 0.1) is 36.7 Å². The van der Waals surface area contributed by atoms with Crippen LogP contribution in [-0.2, 0) is 49.6 Å². The van der Waals surface area contributed by atoms with Gasteiger partial charge in [0, 0.05) is 36.0 Å². The number of rotatable bonds is 5. The molecule has 2 aromatic rings. The first kappa shape index (κ1) is 44.4. The van der Waals surface area contributed by atoms with Crippen LogP contribution in [0.4, 0.5) is 0 Å². The number of aromatic amines is 1. The van der Waals surface area contributed by atoms with Crippen LogP contribution in [0, 0.1) is 5.92 Å². The van der Waals surface area contributed by atoms with Crippen LogP contribution in [0.15, 0.2) is 29.3 Å². The second-order valence-electron chi connectivity index (χ2n) is 14.9. The highest BCUT2D eigenvalue weighted by Crippen LogP contribution is 2.32. The van der Waals surface area contributed by atoms with Gasteiger partial charge >= 0.3 is 0 Å². The fourth-order valence-electron chi connectivity index (χ4n) is 7.10. The minimum Gasteiger partial charge on any atom is -0.391 e. The van der Waals surface area contributed by atoms with E-state index in [0.717, 1.165) is 16.7 Å². The van der Waals surface area contributed by atoms with E-state index < -0.39 is 134 Å². The molecule has 12 N–H and O–H groups in total. The van der Waals surface area contributed by atoms with Crippen molar-refractivity contribution < 1.29 is 53.4 Å². The van der Waals surface area contributed by atoms with E-state index in [1.807, 2.05) is 0 Å². The summed E-state index contributed by atoms with van der Waals surface area (Å²) >= 11 is 1.04. The summed E-state index contributed by atoms with van der Waals surface area (Å²) in [6.45, 7) is 3.01. The van der Waals surface area contributed by atoms with Crippen LogP contribution in [0.1, 0.15) is 45.6 Å². The molecule has 9 atom stereocenters. The maximum atomic E-state index is 14.1. The minimum atomic E-state index is -1.71. The van der Waals surface area contributed by atoms with Gasteiger partial charge in [-0.25, -0.2) is 0 Å². The van der Waals surface area contributed by atoms with Gasteiger partial charge in [-0.3, -0.25) is 43.2 Å². The molecule has 0 unspecified atom stereocenters. The lowest BCUT2D eigenvalue weighted by Gasteiger charge is -2.31. The summed E-state index contributed by atoms with van der Waals surface area (Å²) in [4.78, 5) is 126. The number of nitrogens with two attached hydrogens (primary N) is 1. The summed E-state index contributed by atoms with van der Waals surface area (Å²) in [6.07, 6.45) is -3.68. The van der Waals surface area contributed by atoms with Gasteiger partial charge in [0.25, 0.3) is 0 Å². The van der Waals surface area contributed by atoms with E-state index in [-0.39, 0.29) is 18.6 Å². The number of nitrogens with zero attached hydrogens (tertiary/aromatic N) is 1. The average molecular weight is 843 g/mol.